The molecule has 1 atom stereocenters. The maximum absolute atomic E-state index is 13.5. The zero-order chi connectivity index (χ0) is 20.7. The predicted octanol–water partition coefficient (Wildman–Crippen LogP) is 5.05. The Morgan fingerprint density at radius 2 is 1.80 bits per heavy atom. The van der Waals surface area contributed by atoms with Crippen molar-refractivity contribution in [2.45, 2.75) is 12.7 Å². The number of rotatable bonds is 2. The number of benzene rings is 2. The molecule has 0 aliphatic carbocycles. The van der Waals surface area contributed by atoms with E-state index in [1.807, 2.05) is 36.4 Å². The normalized spacial score (nSPS) is 15.5. The van der Waals surface area contributed by atoms with Gasteiger partial charge >= 0.3 is 0 Å². The highest BCUT2D eigenvalue weighted by Gasteiger charge is 2.23. The van der Waals surface area contributed by atoms with Crippen molar-refractivity contribution in [3.05, 3.63) is 101 Å². The Kier molecular flexibility index (Phi) is 4.48. The van der Waals surface area contributed by atoms with E-state index in [0.717, 1.165) is 28.8 Å². The van der Waals surface area contributed by atoms with Gasteiger partial charge in [-0.25, -0.2) is 13.8 Å². The highest BCUT2D eigenvalue weighted by Crippen LogP contribution is 2.35. The van der Waals surface area contributed by atoms with E-state index in [0.29, 0.717) is 34.5 Å². The molecule has 1 aliphatic heterocycles. The molecule has 148 valence electrons. The van der Waals surface area contributed by atoms with Gasteiger partial charge in [0, 0.05) is 29.6 Å². The molecule has 0 saturated carbocycles. The quantitative estimate of drug-likeness (QED) is 0.510. The lowest BCUT2D eigenvalue weighted by molar-refractivity contribution is -0.0224. The minimum atomic E-state index is -1.16. The summed E-state index contributed by atoms with van der Waals surface area (Å²) < 4.78 is 32.7. The third-order valence-electron chi connectivity index (χ3n) is 5.08. The molecule has 0 radical (unpaired) electrons. The van der Waals surface area contributed by atoms with Crippen molar-refractivity contribution in [1.82, 2.24) is 9.97 Å². The number of halogens is 2. The summed E-state index contributed by atoms with van der Waals surface area (Å²) in [5.41, 5.74) is 4.09. The summed E-state index contributed by atoms with van der Waals surface area (Å²) in [6.45, 7) is 0. The number of hydrogen-bond donors (Lipinski definition) is 1. The number of ether oxygens (including phenoxy) is 1. The third-order valence-corrected chi connectivity index (χ3v) is 5.08. The molecule has 6 heteroatoms. The largest absolute Gasteiger partial charge is 0.458 e. The fourth-order valence-corrected chi connectivity index (χ4v) is 3.62. The Labute approximate surface area is 171 Å². The number of fused-ring (bicyclic) bond motifs is 3. The zero-order valence-electron chi connectivity index (χ0n) is 15.7. The van der Waals surface area contributed by atoms with Crippen LogP contribution in [0.4, 0.5) is 8.78 Å². The average molecular weight is 402 g/mol. The maximum atomic E-state index is 13.5. The molecule has 1 unspecified atom stereocenters. The van der Waals surface area contributed by atoms with Crippen LogP contribution in [-0.2, 0) is 6.42 Å². The number of nitrogens with zero attached hydrogens (tertiary/aromatic N) is 2. The van der Waals surface area contributed by atoms with Crippen molar-refractivity contribution in [2.24, 2.45) is 0 Å². The molecule has 1 aliphatic rings. The second-order valence-electron chi connectivity index (χ2n) is 7.06. The molecular weight excluding hydrogens is 386 g/mol. The number of aliphatic hydroxyl groups excluding tert-OH is 1. The van der Waals surface area contributed by atoms with Crippen molar-refractivity contribution >= 4 is 23.1 Å². The molecule has 2 aromatic heterocycles. The summed E-state index contributed by atoms with van der Waals surface area (Å²) in [7, 11) is 0. The first kappa shape index (κ1) is 18.4. The van der Waals surface area contributed by atoms with Crippen molar-refractivity contribution < 1.29 is 18.6 Å². The van der Waals surface area contributed by atoms with E-state index >= 15 is 0 Å². The van der Waals surface area contributed by atoms with E-state index in [2.05, 4.69) is 9.97 Å². The van der Waals surface area contributed by atoms with Gasteiger partial charge in [0.15, 0.2) is 11.6 Å². The summed E-state index contributed by atoms with van der Waals surface area (Å²) in [6.07, 6.45) is 4.65. The predicted molar refractivity (Wildman–Crippen MR) is 110 cm³/mol. The zero-order valence-corrected chi connectivity index (χ0v) is 15.7. The first-order chi connectivity index (χ1) is 14.6. The summed E-state index contributed by atoms with van der Waals surface area (Å²) in [6, 6.07) is 15.1. The highest BCUT2D eigenvalue weighted by molar-refractivity contribution is 5.81. The van der Waals surface area contributed by atoms with Crippen LogP contribution in [0.5, 0.6) is 5.75 Å². The van der Waals surface area contributed by atoms with Crippen molar-refractivity contribution in [3.63, 3.8) is 0 Å². The smallest absolute Gasteiger partial charge is 0.241 e. The van der Waals surface area contributed by atoms with Crippen LogP contribution >= 0.6 is 0 Å². The molecule has 0 spiro atoms. The van der Waals surface area contributed by atoms with E-state index in [-0.39, 0.29) is 0 Å². The standard InChI is InChI=1S/C24H16F2N2O2/c25-19-12-15-7-9-18(28-21(15)13-20(19)26)8-6-14-3-1-4-17-11-16-5-2-10-27-22(16)24(29)30-23(14)17/h1-10,12-13,24,29H,11H2. The van der Waals surface area contributed by atoms with Gasteiger partial charge in [0.25, 0.3) is 0 Å². The van der Waals surface area contributed by atoms with E-state index in [4.69, 9.17) is 4.74 Å². The fourth-order valence-electron chi connectivity index (χ4n) is 3.62. The van der Waals surface area contributed by atoms with Gasteiger partial charge in [-0.15, -0.1) is 0 Å². The van der Waals surface area contributed by atoms with Gasteiger partial charge < -0.3 is 9.84 Å². The van der Waals surface area contributed by atoms with Crippen LogP contribution in [0.15, 0.2) is 60.8 Å². The van der Waals surface area contributed by atoms with E-state index in [1.165, 1.54) is 0 Å². The van der Waals surface area contributed by atoms with E-state index in [1.54, 1.807) is 24.4 Å². The summed E-state index contributed by atoms with van der Waals surface area (Å²) in [5, 5.41) is 11.0. The second-order valence-corrected chi connectivity index (χ2v) is 7.06. The van der Waals surface area contributed by atoms with E-state index in [9.17, 15) is 13.9 Å². The van der Waals surface area contributed by atoms with Crippen LogP contribution < -0.4 is 4.74 Å². The average Bonchev–Trinajstić information content (AvgIpc) is 2.89. The van der Waals surface area contributed by atoms with Crippen LogP contribution in [0.1, 0.15) is 34.4 Å². The first-order valence-corrected chi connectivity index (χ1v) is 9.43. The second kappa shape index (κ2) is 7.31. The topological polar surface area (TPSA) is 55.2 Å². The summed E-state index contributed by atoms with van der Waals surface area (Å²) in [5.74, 6) is -1.25. The first-order valence-electron chi connectivity index (χ1n) is 9.43. The fraction of sp³-hybridized carbons (Fsp3) is 0.0833. The number of para-hydroxylation sites is 1. The minimum Gasteiger partial charge on any atom is -0.458 e. The molecule has 30 heavy (non-hydrogen) atoms. The maximum Gasteiger partial charge on any atom is 0.241 e. The van der Waals surface area contributed by atoms with E-state index < -0.39 is 17.9 Å². The molecule has 3 heterocycles. The van der Waals surface area contributed by atoms with Gasteiger partial charge in [0.1, 0.15) is 11.4 Å². The van der Waals surface area contributed by atoms with Gasteiger partial charge in [-0.3, -0.25) is 4.98 Å². The van der Waals surface area contributed by atoms with Crippen LogP contribution in [0.25, 0.3) is 23.1 Å². The lowest BCUT2D eigenvalue weighted by atomic mass is 10.0. The van der Waals surface area contributed by atoms with Gasteiger partial charge in [-0.1, -0.05) is 30.3 Å². The highest BCUT2D eigenvalue weighted by atomic mass is 19.2. The SMILES string of the molecule is OC1Oc2c(C=Cc3ccc4cc(F)c(F)cc4n3)cccc2Cc2cccnc21. The summed E-state index contributed by atoms with van der Waals surface area (Å²) in [4.78, 5) is 8.62. The van der Waals surface area contributed by atoms with Crippen LogP contribution in [-0.4, -0.2) is 15.1 Å². The number of aliphatic hydroxyl groups is 1. The van der Waals surface area contributed by atoms with Crippen molar-refractivity contribution in [2.75, 3.05) is 0 Å². The lowest BCUT2D eigenvalue weighted by Gasteiger charge is -2.14. The molecule has 0 amide bonds. The number of aromatic nitrogens is 2. The Morgan fingerprint density at radius 3 is 2.70 bits per heavy atom. The molecule has 0 saturated heterocycles. The number of hydrogen-bond acceptors (Lipinski definition) is 4. The van der Waals surface area contributed by atoms with Gasteiger partial charge in [0.2, 0.25) is 6.29 Å². The summed E-state index contributed by atoms with van der Waals surface area (Å²) >= 11 is 0. The number of pyridine rings is 2. The Morgan fingerprint density at radius 1 is 0.967 bits per heavy atom. The Balaban J connectivity index is 1.51. The van der Waals surface area contributed by atoms with Crippen LogP contribution in [0.2, 0.25) is 0 Å². The molecule has 0 fully saturated rings. The molecule has 0 bridgehead atoms. The van der Waals surface area contributed by atoms with Crippen LogP contribution in [0.3, 0.4) is 0 Å². The molecule has 5 rings (SSSR count). The van der Waals surface area contributed by atoms with Crippen molar-refractivity contribution in [1.29, 1.82) is 0 Å². The van der Waals surface area contributed by atoms with Gasteiger partial charge in [0.05, 0.1) is 11.2 Å². The Bertz CT molecular complexity index is 1300. The van der Waals surface area contributed by atoms with Crippen molar-refractivity contribution in [3.8, 4) is 5.75 Å². The molecular formula is C24H16F2N2O2. The molecule has 2 aromatic carbocycles. The molecule has 4 aromatic rings. The molecule has 4 nitrogen and oxygen atoms in total. The third kappa shape index (κ3) is 3.31. The molecule has 1 N–H and O–H groups in total. The van der Waals surface area contributed by atoms with Crippen LogP contribution in [0, 0.1) is 11.6 Å². The van der Waals surface area contributed by atoms with Gasteiger partial charge in [-0.05, 0) is 41.5 Å². The van der Waals surface area contributed by atoms with Gasteiger partial charge in [-0.2, -0.15) is 0 Å². The lowest BCUT2D eigenvalue weighted by Crippen LogP contribution is -2.09. The Hall–Kier alpha value is -3.64. The minimum absolute atomic E-state index is 0.371. The monoisotopic (exact) mass is 402 g/mol.